The molecule has 4 heteroatoms. The van der Waals surface area contributed by atoms with Crippen molar-refractivity contribution in [1.82, 2.24) is 0 Å². The summed E-state index contributed by atoms with van der Waals surface area (Å²) < 4.78 is 11.3. The standard InChI is InChI=1S/C60H62N2O2/c1-41-9-35-57(45(5)37-41)61(53-27-19-47(20-28-53)15-17-49-13-11-43(3)59(39-49)63-7)55-31-23-51(24-32-55)52-25-33-56(34-26-52)62(58-36-10-42(2)38-46(58)6)54-29-21-48(22-30-54)16-18-50-14-12-44(4)60(40-50)64-8/h9-13,15-31,33-40,43,50,55,59H,14,32H2,1-8H3/b17-15+,18-16+. The molecule has 0 fully saturated rings. The maximum Gasteiger partial charge on any atom is 0.118 e. The Kier molecular flexibility index (Phi) is 13.6. The summed E-state index contributed by atoms with van der Waals surface area (Å²) in [4.78, 5) is 4.87. The molecule has 0 N–H and O–H groups in total. The monoisotopic (exact) mass is 842 g/mol. The zero-order valence-corrected chi connectivity index (χ0v) is 38.8. The Morgan fingerprint density at radius 3 is 1.83 bits per heavy atom. The van der Waals surface area contributed by atoms with Crippen LogP contribution in [0.2, 0.25) is 0 Å². The van der Waals surface area contributed by atoms with Crippen molar-refractivity contribution >= 4 is 46.2 Å². The third-order valence-corrected chi connectivity index (χ3v) is 12.8. The first-order valence-electron chi connectivity index (χ1n) is 22.7. The van der Waals surface area contributed by atoms with E-state index < -0.39 is 0 Å². The van der Waals surface area contributed by atoms with Gasteiger partial charge in [-0.05, 0) is 153 Å². The van der Waals surface area contributed by atoms with Gasteiger partial charge in [0.1, 0.15) is 5.76 Å². The molecule has 0 radical (unpaired) electrons. The second-order valence-electron chi connectivity index (χ2n) is 17.6. The Labute approximate surface area is 382 Å². The smallest absolute Gasteiger partial charge is 0.118 e. The van der Waals surface area contributed by atoms with Gasteiger partial charge in [0, 0.05) is 47.4 Å². The Balaban J connectivity index is 1.01. The SMILES string of the molecule is COC1=CC(/C=C/c2ccc(N(c3ccc(C4=CCC(N(c5ccc(/C=C/C6=CC(OC)C(C)C=C6)cc5)c5ccc(C)cc5C)C=C4)cc3)c3ccc(C)cc3C)cc2)CC=C1C. The molecule has 5 aromatic carbocycles. The zero-order valence-electron chi connectivity index (χ0n) is 38.8. The van der Waals surface area contributed by atoms with E-state index in [-0.39, 0.29) is 12.1 Å². The normalized spacial score (nSPS) is 19.6. The van der Waals surface area contributed by atoms with Crippen molar-refractivity contribution in [3.8, 4) is 0 Å². The number of rotatable bonds is 13. The quantitative estimate of drug-likeness (QED) is 0.118. The van der Waals surface area contributed by atoms with Crippen LogP contribution in [0.25, 0.3) is 17.7 Å². The van der Waals surface area contributed by atoms with Gasteiger partial charge in [-0.25, -0.2) is 0 Å². The van der Waals surface area contributed by atoms with Gasteiger partial charge >= 0.3 is 0 Å². The van der Waals surface area contributed by atoms with Crippen molar-refractivity contribution in [2.45, 2.75) is 66.5 Å². The number of aryl methyl sites for hydroxylation is 4. The van der Waals surface area contributed by atoms with Gasteiger partial charge in [0.05, 0.1) is 19.3 Å². The van der Waals surface area contributed by atoms with Crippen molar-refractivity contribution in [3.63, 3.8) is 0 Å². The van der Waals surface area contributed by atoms with Crippen LogP contribution in [-0.2, 0) is 9.47 Å². The summed E-state index contributed by atoms with van der Waals surface area (Å²) in [5.74, 6) is 1.67. The molecule has 0 heterocycles. The first-order chi connectivity index (χ1) is 31.1. The van der Waals surface area contributed by atoms with Crippen molar-refractivity contribution in [2.75, 3.05) is 24.0 Å². The van der Waals surface area contributed by atoms with E-state index in [4.69, 9.17) is 9.47 Å². The third-order valence-electron chi connectivity index (χ3n) is 12.8. The van der Waals surface area contributed by atoms with Crippen molar-refractivity contribution in [1.29, 1.82) is 0 Å². The predicted octanol–water partition coefficient (Wildman–Crippen LogP) is 15.6. The first kappa shape index (κ1) is 44.0. The molecule has 5 aromatic rings. The lowest BCUT2D eigenvalue weighted by Crippen LogP contribution is -2.30. The molecule has 3 aliphatic rings. The van der Waals surface area contributed by atoms with Crippen molar-refractivity contribution in [2.24, 2.45) is 11.8 Å². The fourth-order valence-electron chi connectivity index (χ4n) is 9.13. The first-order valence-corrected chi connectivity index (χ1v) is 22.7. The van der Waals surface area contributed by atoms with E-state index in [1.165, 1.54) is 72.7 Å². The van der Waals surface area contributed by atoms with Crippen molar-refractivity contribution < 1.29 is 9.47 Å². The summed E-state index contributed by atoms with van der Waals surface area (Å²) >= 11 is 0. The van der Waals surface area contributed by atoms with E-state index >= 15 is 0 Å². The van der Waals surface area contributed by atoms with Gasteiger partial charge in [0.2, 0.25) is 0 Å². The van der Waals surface area contributed by atoms with Crippen LogP contribution in [0, 0.1) is 39.5 Å². The minimum absolute atomic E-state index is 0.107. The number of methoxy groups -OCH3 is 2. The molecule has 0 spiro atoms. The van der Waals surface area contributed by atoms with Crippen LogP contribution in [-0.4, -0.2) is 26.4 Å². The average molecular weight is 843 g/mol. The Bertz CT molecular complexity index is 2700. The van der Waals surface area contributed by atoms with E-state index in [2.05, 4.69) is 233 Å². The highest BCUT2D eigenvalue weighted by molar-refractivity contribution is 5.82. The van der Waals surface area contributed by atoms with Gasteiger partial charge in [0.25, 0.3) is 0 Å². The highest BCUT2D eigenvalue weighted by Crippen LogP contribution is 2.39. The van der Waals surface area contributed by atoms with Crippen LogP contribution in [0.15, 0.2) is 187 Å². The highest BCUT2D eigenvalue weighted by atomic mass is 16.5. The number of nitrogens with zero attached hydrogens (tertiary/aromatic N) is 2. The lowest BCUT2D eigenvalue weighted by Gasteiger charge is -2.34. The summed E-state index contributed by atoms with van der Waals surface area (Å²) in [6.45, 7) is 13.0. The molecular weight excluding hydrogens is 781 g/mol. The summed E-state index contributed by atoms with van der Waals surface area (Å²) in [6.07, 6.45) is 29.0. The summed E-state index contributed by atoms with van der Waals surface area (Å²) in [5.41, 5.74) is 18.0. The molecule has 0 saturated carbocycles. The Morgan fingerprint density at radius 2 is 1.22 bits per heavy atom. The molecule has 4 atom stereocenters. The second kappa shape index (κ2) is 19.8. The van der Waals surface area contributed by atoms with Crippen LogP contribution in [0.4, 0.5) is 28.4 Å². The molecule has 0 amide bonds. The van der Waals surface area contributed by atoms with E-state index in [9.17, 15) is 0 Å². The van der Waals surface area contributed by atoms with Gasteiger partial charge in [-0.2, -0.15) is 0 Å². The topological polar surface area (TPSA) is 24.9 Å². The van der Waals surface area contributed by atoms with Crippen LogP contribution in [0.5, 0.6) is 0 Å². The number of allylic oxidation sites excluding steroid dienone is 9. The van der Waals surface area contributed by atoms with Crippen LogP contribution >= 0.6 is 0 Å². The molecular formula is C60H62N2O2. The number of hydrogen-bond acceptors (Lipinski definition) is 4. The van der Waals surface area contributed by atoms with Gasteiger partial charge in [-0.15, -0.1) is 0 Å². The van der Waals surface area contributed by atoms with Gasteiger partial charge in [-0.1, -0.05) is 139 Å². The van der Waals surface area contributed by atoms with Gasteiger partial charge in [-0.3, -0.25) is 0 Å². The lowest BCUT2D eigenvalue weighted by atomic mass is 9.94. The average Bonchev–Trinajstić information content (AvgIpc) is 3.31. The molecule has 64 heavy (non-hydrogen) atoms. The molecule has 8 rings (SSSR count). The summed E-state index contributed by atoms with van der Waals surface area (Å²) in [5, 5.41) is 0. The number of ether oxygens (including phenoxy) is 2. The highest BCUT2D eigenvalue weighted by Gasteiger charge is 2.23. The number of anilines is 5. The minimum Gasteiger partial charge on any atom is -0.497 e. The Morgan fingerprint density at radius 1 is 0.594 bits per heavy atom. The Hall–Kier alpha value is -6.62. The maximum atomic E-state index is 5.67. The van der Waals surface area contributed by atoms with E-state index in [1.54, 1.807) is 14.2 Å². The molecule has 324 valence electrons. The molecule has 0 saturated heterocycles. The van der Waals surface area contributed by atoms with Gasteiger partial charge in [0.15, 0.2) is 0 Å². The summed E-state index contributed by atoms with van der Waals surface area (Å²) in [7, 11) is 3.53. The molecule has 4 unspecified atom stereocenters. The fraction of sp³-hybridized carbons (Fsp3) is 0.233. The fourth-order valence-corrected chi connectivity index (χ4v) is 9.13. The molecule has 4 nitrogen and oxygen atoms in total. The van der Waals surface area contributed by atoms with Crippen LogP contribution < -0.4 is 9.80 Å². The predicted molar refractivity (Wildman–Crippen MR) is 273 cm³/mol. The minimum atomic E-state index is 0.107. The van der Waals surface area contributed by atoms with Crippen LogP contribution in [0.1, 0.15) is 65.6 Å². The molecule has 0 aromatic heterocycles. The zero-order chi connectivity index (χ0) is 44.7. The third kappa shape index (κ3) is 10.1. The largest absolute Gasteiger partial charge is 0.497 e. The van der Waals surface area contributed by atoms with Crippen LogP contribution in [0.3, 0.4) is 0 Å². The van der Waals surface area contributed by atoms with E-state index in [1.807, 2.05) is 0 Å². The van der Waals surface area contributed by atoms with Gasteiger partial charge < -0.3 is 19.3 Å². The molecule has 0 bridgehead atoms. The number of hydrogen-bond donors (Lipinski definition) is 0. The molecule has 3 aliphatic carbocycles. The lowest BCUT2D eigenvalue weighted by molar-refractivity contribution is 0.111. The summed E-state index contributed by atoms with van der Waals surface area (Å²) in [6, 6.07) is 40.6. The number of benzene rings is 5. The second-order valence-corrected chi connectivity index (χ2v) is 17.6. The van der Waals surface area contributed by atoms with Crippen molar-refractivity contribution in [3.05, 3.63) is 226 Å². The van der Waals surface area contributed by atoms with E-state index in [0.717, 1.165) is 30.0 Å². The molecule has 0 aliphatic heterocycles. The van der Waals surface area contributed by atoms with E-state index in [0.29, 0.717) is 11.8 Å². The maximum absolute atomic E-state index is 5.67.